The van der Waals surface area contributed by atoms with Gasteiger partial charge in [0.05, 0.1) is 6.10 Å². The van der Waals surface area contributed by atoms with Crippen LogP contribution in [0, 0.1) is 0 Å². The number of hydrogen-bond donors (Lipinski definition) is 1. The van der Waals surface area contributed by atoms with Gasteiger partial charge in [0.1, 0.15) is 4.83 Å². The van der Waals surface area contributed by atoms with E-state index >= 15 is 0 Å². The minimum atomic E-state index is -0.805. The molecule has 0 radical (unpaired) electrons. The number of rotatable bonds is 3. The van der Waals surface area contributed by atoms with Gasteiger partial charge in [0.25, 0.3) is 0 Å². The molecule has 1 N–H and O–H groups in total. The minimum absolute atomic E-state index is 0.149. The highest BCUT2D eigenvalue weighted by Gasteiger charge is 2.22. The van der Waals surface area contributed by atoms with Crippen molar-refractivity contribution in [3.63, 3.8) is 0 Å². The Bertz CT molecular complexity index is 143. The van der Waals surface area contributed by atoms with Crippen LogP contribution in [0.15, 0.2) is 0 Å². The number of aliphatic carboxylic acids is 1. The van der Waals surface area contributed by atoms with Crippen LogP contribution in [0.5, 0.6) is 0 Å². The molecule has 0 spiro atoms. The second kappa shape index (κ2) is 4.07. The van der Waals surface area contributed by atoms with Gasteiger partial charge in [-0.1, -0.05) is 15.9 Å². The Morgan fingerprint density at radius 3 is 3.00 bits per heavy atom. The molecule has 0 aliphatic carbocycles. The SMILES string of the molecule is O=C(O)C(Br)CC1CCCO1. The van der Waals surface area contributed by atoms with E-state index in [4.69, 9.17) is 9.84 Å². The second-order valence-electron chi connectivity index (χ2n) is 2.68. The van der Waals surface area contributed by atoms with Gasteiger partial charge in [-0.25, -0.2) is 0 Å². The fourth-order valence-electron chi connectivity index (χ4n) is 1.16. The lowest BCUT2D eigenvalue weighted by atomic mass is 10.1. The highest BCUT2D eigenvalue weighted by atomic mass is 79.9. The lowest BCUT2D eigenvalue weighted by Gasteiger charge is -2.10. The van der Waals surface area contributed by atoms with E-state index in [1.807, 2.05) is 0 Å². The van der Waals surface area contributed by atoms with Gasteiger partial charge < -0.3 is 9.84 Å². The van der Waals surface area contributed by atoms with Crippen molar-refractivity contribution in [2.75, 3.05) is 6.61 Å². The third-order valence-corrected chi connectivity index (χ3v) is 2.53. The average molecular weight is 223 g/mol. The molecular formula is C7H11BrO3. The molecule has 2 atom stereocenters. The molecular weight excluding hydrogens is 212 g/mol. The van der Waals surface area contributed by atoms with Gasteiger partial charge >= 0.3 is 5.97 Å². The zero-order valence-electron chi connectivity index (χ0n) is 6.12. The van der Waals surface area contributed by atoms with Crippen LogP contribution < -0.4 is 0 Å². The molecule has 0 bridgehead atoms. The Kier molecular flexibility index (Phi) is 3.33. The van der Waals surface area contributed by atoms with Gasteiger partial charge in [-0.3, -0.25) is 4.79 Å². The molecule has 4 heteroatoms. The summed E-state index contributed by atoms with van der Waals surface area (Å²) < 4.78 is 5.28. The summed E-state index contributed by atoms with van der Waals surface area (Å²) in [5.41, 5.74) is 0. The first-order valence-corrected chi connectivity index (χ1v) is 4.60. The number of carboxylic acids is 1. The van der Waals surface area contributed by atoms with E-state index in [1.54, 1.807) is 0 Å². The van der Waals surface area contributed by atoms with Gasteiger partial charge in [-0.15, -0.1) is 0 Å². The molecule has 2 unspecified atom stereocenters. The van der Waals surface area contributed by atoms with E-state index in [0.717, 1.165) is 19.4 Å². The maximum absolute atomic E-state index is 10.4. The monoisotopic (exact) mass is 222 g/mol. The van der Waals surface area contributed by atoms with Crippen molar-refractivity contribution in [2.24, 2.45) is 0 Å². The maximum atomic E-state index is 10.4. The molecule has 0 saturated carbocycles. The van der Waals surface area contributed by atoms with Crippen LogP contribution in [0.25, 0.3) is 0 Å². The summed E-state index contributed by atoms with van der Waals surface area (Å²) in [6, 6.07) is 0. The van der Waals surface area contributed by atoms with Crippen molar-refractivity contribution in [1.82, 2.24) is 0 Å². The lowest BCUT2D eigenvalue weighted by molar-refractivity contribution is -0.136. The minimum Gasteiger partial charge on any atom is -0.480 e. The first-order valence-electron chi connectivity index (χ1n) is 3.68. The van der Waals surface area contributed by atoms with E-state index in [0.29, 0.717) is 6.42 Å². The smallest absolute Gasteiger partial charge is 0.317 e. The lowest BCUT2D eigenvalue weighted by Crippen LogP contribution is -2.19. The molecule has 1 rings (SSSR count). The summed E-state index contributed by atoms with van der Waals surface area (Å²) in [5.74, 6) is -0.805. The highest BCUT2D eigenvalue weighted by molar-refractivity contribution is 9.10. The summed E-state index contributed by atoms with van der Waals surface area (Å²) in [7, 11) is 0. The van der Waals surface area contributed by atoms with Gasteiger partial charge in [-0.05, 0) is 19.3 Å². The number of carboxylic acid groups (broad SMARTS) is 1. The van der Waals surface area contributed by atoms with Gasteiger partial charge in [0.15, 0.2) is 0 Å². The third-order valence-electron chi connectivity index (χ3n) is 1.76. The Hall–Kier alpha value is -0.0900. The van der Waals surface area contributed by atoms with E-state index in [2.05, 4.69) is 15.9 Å². The summed E-state index contributed by atoms with van der Waals surface area (Å²) >= 11 is 3.07. The van der Waals surface area contributed by atoms with E-state index in [-0.39, 0.29) is 6.10 Å². The Morgan fingerprint density at radius 1 is 1.82 bits per heavy atom. The van der Waals surface area contributed by atoms with Crippen LogP contribution in [-0.2, 0) is 9.53 Å². The Balaban J connectivity index is 2.23. The van der Waals surface area contributed by atoms with Crippen molar-refractivity contribution in [1.29, 1.82) is 0 Å². The molecule has 1 heterocycles. The van der Waals surface area contributed by atoms with Crippen molar-refractivity contribution in [2.45, 2.75) is 30.2 Å². The molecule has 64 valence electrons. The fourth-order valence-corrected chi connectivity index (χ4v) is 1.58. The quantitative estimate of drug-likeness (QED) is 0.735. The molecule has 11 heavy (non-hydrogen) atoms. The van der Waals surface area contributed by atoms with Crippen LogP contribution >= 0.6 is 15.9 Å². The zero-order chi connectivity index (χ0) is 8.27. The molecule has 0 amide bonds. The molecule has 1 aliphatic heterocycles. The summed E-state index contributed by atoms with van der Waals surface area (Å²) in [4.78, 5) is 9.93. The van der Waals surface area contributed by atoms with Crippen LogP contribution in [0.3, 0.4) is 0 Å². The van der Waals surface area contributed by atoms with Crippen molar-refractivity contribution in [3.05, 3.63) is 0 Å². The van der Waals surface area contributed by atoms with Crippen LogP contribution in [0.1, 0.15) is 19.3 Å². The first-order chi connectivity index (χ1) is 5.20. The van der Waals surface area contributed by atoms with E-state index in [1.165, 1.54) is 0 Å². The van der Waals surface area contributed by atoms with Crippen molar-refractivity contribution >= 4 is 21.9 Å². The molecule has 1 fully saturated rings. The third kappa shape index (κ3) is 2.79. The van der Waals surface area contributed by atoms with Crippen LogP contribution in [0.2, 0.25) is 0 Å². The van der Waals surface area contributed by atoms with E-state index < -0.39 is 10.8 Å². The molecule has 0 aromatic carbocycles. The molecule has 0 aromatic rings. The largest absolute Gasteiger partial charge is 0.480 e. The number of hydrogen-bond acceptors (Lipinski definition) is 2. The van der Waals surface area contributed by atoms with Crippen LogP contribution in [-0.4, -0.2) is 28.6 Å². The van der Waals surface area contributed by atoms with Crippen LogP contribution in [0.4, 0.5) is 0 Å². The number of ether oxygens (including phenoxy) is 1. The molecule has 3 nitrogen and oxygen atoms in total. The molecule has 1 saturated heterocycles. The molecule has 1 aliphatic rings. The fraction of sp³-hybridized carbons (Fsp3) is 0.857. The second-order valence-corrected chi connectivity index (χ2v) is 3.78. The van der Waals surface area contributed by atoms with Gasteiger partial charge in [0.2, 0.25) is 0 Å². The highest BCUT2D eigenvalue weighted by Crippen LogP contribution is 2.20. The Labute approximate surface area is 73.9 Å². The normalized spacial score (nSPS) is 26.8. The zero-order valence-corrected chi connectivity index (χ0v) is 7.71. The van der Waals surface area contributed by atoms with Crippen molar-refractivity contribution in [3.8, 4) is 0 Å². The number of carbonyl (C=O) groups is 1. The first kappa shape index (κ1) is 9.00. The van der Waals surface area contributed by atoms with Gasteiger partial charge in [0, 0.05) is 6.61 Å². The predicted octanol–water partition coefficient (Wildman–Crippen LogP) is 1.40. The number of halogens is 1. The number of alkyl halides is 1. The topological polar surface area (TPSA) is 46.5 Å². The summed E-state index contributed by atoms with van der Waals surface area (Å²) in [6.45, 7) is 0.782. The van der Waals surface area contributed by atoms with Gasteiger partial charge in [-0.2, -0.15) is 0 Å². The van der Waals surface area contributed by atoms with E-state index in [9.17, 15) is 4.79 Å². The summed E-state index contributed by atoms with van der Waals surface area (Å²) in [6.07, 6.45) is 2.78. The maximum Gasteiger partial charge on any atom is 0.317 e. The Morgan fingerprint density at radius 2 is 2.55 bits per heavy atom. The predicted molar refractivity (Wildman–Crippen MR) is 43.9 cm³/mol. The molecule has 0 aromatic heterocycles. The van der Waals surface area contributed by atoms with Crippen molar-refractivity contribution < 1.29 is 14.6 Å². The summed E-state index contributed by atoms with van der Waals surface area (Å²) in [5, 5.41) is 8.54. The standard InChI is InChI=1S/C7H11BrO3/c8-6(7(9)10)4-5-2-1-3-11-5/h5-6H,1-4H2,(H,9,10). The average Bonchev–Trinajstić information content (AvgIpc) is 2.39.